The van der Waals surface area contributed by atoms with E-state index >= 15 is 0 Å². The molecule has 7 heteroatoms. The van der Waals surface area contributed by atoms with Crippen molar-refractivity contribution in [1.82, 2.24) is 14.7 Å². The molecule has 0 N–H and O–H groups in total. The van der Waals surface area contributed by atoms with Gasteiger partial charge in [0.1, 0.15) is 11.5 Å². The van der Waals surface area contributed by atoms with Gasteiger partial charge in [-0.25, -0.2) is 4.68 Å². The van der Waals surface area contributed by atoms with Crippen molar-refractivity contribution in [3.63, 3.8) is 0 Å². The Kier molecular flexibility index (Phi) is 7.13. The predicted octanol–water partition coefficient (Wildman–Crippen LogP) is 8.37. The Balaban J connectivity index is 1.23. The number of ether oxygens (including phenoxy) is 1. The molecule has 0 spiro atoms. The van der Waals surface area contributed by atoms with Gasteiger partial charge in [-0.1, -0.05) is 70.2 Å². The monoisotopic (exact) mass is 653 g/mol. The molecule has 0 bridgehead atoms. The van der Waals surface area contributed by atoms with Crippen LogP contribution in [0.3, 0.4) is 0 Å². The van der Waals surface area contributed by atoms with Crippen molar-refractivity contribution in [3.05, 3.63) is 139 Å². The fraction of sp³-hybridized carbons (Fsp3) is 0.186. The fourth-order valence-electron chi connectivity index (χ4n) is 8.01. The third kappa shape index (κ3) is 4.83. The summed E-state index contributed by atoms with van der Waals surface area (Å²) in [7, 11) is 2.10. The van der Waals surface area contributed by atoms with Gasteiger partial charge in [0.05, 0.1) is 18.6 Å². The molecular formula is C43H40BN5O. The highest BCUT2D eigenvalue weighted by atomic mass is 16.5. The zero-order valence-corrected chi connectivity index (χ0v) is 29.2. The lowest BCUT2D eigenvalue weighted by Crippen LogP contribution is -2.59. The average Bonchev–Trinajstić information content (AvgIpc) is 3.81. The first-order valence-electron chi connectivity index (χ1n) is 17.6. The number of hydrogen-bond acceptors (Lipinski definition) is 5. The van der Waals surface area contributed by atoms with Gasteiger partial charge >= 0.3 is 0 Å². The maximum Gasteiger partial charge on any atom is 0.256 e. The average molecular weight is 654 g/mol. The van der Waals surface area contributed by atoms with Crippen LogP contribution in [0.25, 0.3) is 16.8 Å². The Morgan fingerprint density at radius 2 is 1.42 bits per heavy atom. The summed E-state index contributed by atoms with van der Waals surface area (Å²) < 4.78 is 8.75. The second-order valence-electron chi connectivity index (χ2n) is 14.3. The lowest BCUT2D eigenvalue weighted by atomic mass is 9.34. The summed E-state index contributed by atoms with van der Waals surface area (Å²) in [5, 5.41) is 4.99. The van der Waals surface area contributed by atoms with Crippen LogP contribution in [0.1, 0.15) is 50.7 Å². The zero-order valence-electron chi connectivity index (χ0n) is 29.2. The Morgan fingerprint density at radius 3 is 2.16 bits per heavy atom. The number of nitrogens with zero attached hydrogens (tertiary/aromatic N) is 5. The van der Waals surface area contributed by atoms with E-state index in [0.717, 1.165) is 52.2 Å². The SMILES string of the molecule is CC(C)c1cccc(C(C)C)c1-c1cnn(-c2ccc3c(c2)B2c4cc(N5C=CN(C)C5)ccc4Oc4cccc(c42)N3c2ccccc2)c1. The number of benzene rings is 5. The van der Waals surface area contributed by atoms with Crippen LogP contribution in [0.2, 0.25) is 0 Å². The molecule has 3 aliphatic rings. The molecule has 6 nitrogen and oxygen atoms in total. The van der Waals surface area contributed by atoms with Crippen LogP contribution >= 0.6 is 0 Å². The van der Waals surface area contributed by atoms with Crippen molar-refractivity contribution in [2.75, 3.05) is 23.5 Å². The lowest BCUT2D eigenvalue weighted by Gasteiger charge is -2.40. The van der Waals surface area contributed by atoms with E-state index in [2.05, 4.69) is 171 Å². The molecule has 0 amide bonds. The molecule has 246 valence electrons. The summed E-state index contributed by atoms with van der Waals surface area (Å²) in [5.41, 5.74) is 14.4. The Labute approximate surface area is 294 Å². The van der Waals surface area contributed by atoms with E-state index in [0.29, 0.717) is 11.8 Å². The summed E-state index contributed by atoms with van der Waals surface area (Å²) >= 11 is 0. The maximum atomic E-state index is 6.70. The minimum absolute atomic E-state index is 0.0200. The molecule has 3 aliphatic heterocycles. The molecule has 5 aromatic carbocycles. The van der Waals surface area contributed by atoms with Gasteiger partial charge in [-0.3, -0.25) is 0 Å². The highest BCUT2D eigenvalue weighted by molar-refractivity contribution is 6.99. The lowest BCUT2D eigenvalue weighted by molar-refractivity contribution is 0.486. The Morgan fingerprint density at radius 1 is 0.680 bits per heavy atom. The van der Waals surface area contributed by atoms with E-state index in [1.54, 1.807) is 0 Å². The summed E-state index contributed by atoms with van der Waals surface area (Å²) in [6.07, 6.45) is 8.50. The molecule has 1 aromatic heterocycles. The highest BCUT2D eigenvalue weighted by Gasteiger charge is 2.42. The summed E-state index contributed by atoms with van der Waals surface area (Å²) in [6, 6.07) is 37.3. The number of fused-ring (bicyclic) bond motifs is 4. The first-order valence-corrected chi connectivity index (χ1v) is 17.6. The standard InChI is InChI=1S/C43H40BN5O/c1-28(2)34-13-9-14-35(29(3)4)42(34)30-25-45-48(26-30)33-17-19-38-36(24-33)44-37-23-32(47-22-21-46(5)27-47)18-20-40(37)50-41-16-10-15-39(43(41)44)49(38)31-11-7-6-8-12-31/h6-26,28-29H,27H2,1-5H3. The van der Waals surface area contributed by atoms with Gasteiger partial charge in [0.15, 0.2) is 0 Å². The van der Waals surface area contributed by atoms with Crippen LogP contribution in [0.5, 0.6) is 11.5 Å². The number of rotatable bonds is 6. The fourth-order valence-corrected chi connectivity index (χ4v) is 8.01. The van der Waals surface area contributed by atoms with Crippen molar-refractivity contribution < 1.29 is 4.74 Å². The molecular weight excluding hydrogens is 613 g/mol. The number of hydrogen-bond donors (Lipinski definition) is 0. The second-order valence-corrected chi connectivity index (χ2v) is 14.3. The van der Waals surface area contributed by atoms with Gasteiger partial charge in [-0.05, 0) is 106 Å². The zero-order chi connectivity index (χ0) is 34.1. The van der Waals surface area contributed by atoms with Crippen molar-refractivity contribution >= 4 is 45.9 Å². The number of anilines is 4. The van der Waals surface area contributed by atoms with Crippen molar-refractivity contribution in [2.45, 2.75) is 39.5 Å². The van der Waals surface area contributed by atoms with E-state index in [-0.39, 0.29) is 6.71 Å². The van der Waals surface area contributed by atoms with Crippen LogP contribution in [0.15, 0.2) is 128 Å². The minimum Gasteiger partial charge on any atom is -0.458 e. The van der Waals surface area contributed by atoms with Gasteiger partial charge in [0.2, 0.25) is 0 Å². The van der Waals surface area contributed by atoms with Crippen LogP contribution in [-0.4, -0.2) is 35.1 Å². The summed E-state index contributed by atoms with van der Waals surface area (Å²) in [6.45, 7) is 9.89. The van der Waals surface area contributed by atoms with Gasteiger partial charge in [-0.2, -0.15) is 5.10 Å². The molecule has 4 heterocycles. The predicted molar refractivity (Wildman–Crippen MR) is 207 cm³/mol. The molecule has 0 radical (unpaired) electrons. The quantitative estimate of drug-likeness (QED) is 0.169. The molecule has 0 fully saturated rings. The highest BCUT2D eigenvalue weighted by Crippen LogP contribution is 2.42. The third-order valence-electron chi connectivity index (χ3n) is 10.4. The van der Waals surface area contributed by atoms with Gasteiger partial charge in [0.25, 0.3) is 6.71 Å². The molecule has 50 heavy (non-hydrogen) atoms. The third-order valence-corrected chi connectivity index (χ3v) is 10.4. The molecule has 0 saturated heterocycles. The first kappa shape index (κ1) is 30.4. The molecule has 0 unspecified atom stereocenters. The van der Waals surface area contributed by atoms with Gasteiger partial charge < -0.3 is 19.4 Å². The topological polar surface area (TPSA) is 36.8 Å². The molecule has 0 saturated carbocycles. The Bertz CT molecular complexity index is 2260. The molecule has 0 aliphatic carbocycles. The van der Waals surface area contributed by atoms with Crippen molar-refractivity contribution in [3.8, 4) is 28.3 Å². The van der Waals surface area contributed by atoms with Crippen molar-refractivity contribution in [2.24, 2.45) is 0 Å². The molecule has 0 atom stereocenters. The Hall–Kier alpha value is -5.69. The van der Waals surface area contributed by atoms with Crippen LogP contribution in [0, 0.1) is 0 Å². The van der Waals surface area contributed by atoms with E-state index in [4.69, 9.17) is 9.84 Å². The number of aromatic nitrogens is 2. The summed E-state index contributed by atoms with van der Waals surface area (Å²) in [5.74, 6) is 2.61. The molecule has 6 aromatic rings. The number of para-hydroxylation sites is 1. The van der Waals surface area contributed by atoms with Gasteiger partial charge in [-0.15, -0.1) is 0 Å². The van der Waals surface area contributed by atoms with Crippen molar-refractivity contribution in [1.29, 1.82) is 0 Å². The van der Waals surface area contributed by atoms with Crippen LogP contribution < -0.4 is 30.9 Å². The maximum absolute atomic E-state index is 6.70. The van der Waals surface area contributed by atoms with E-state index in [1.807, 2.05) is 10.9 Å². The smallest absolute Gasteiger partial charge is 0.256 e. The van der Waals surface area contributed by atoms with E-state index < -0.39 is 0 Å². The van der Waals surface area contributed by atoms with Crippen LogP contribution in [0.4, 0.5) is 22.7 Å². The van der Waals surface area contributed by atoms with Gasteiger partial charge in [0, 0.05) is 54.0 Å². The van der Waals surface area contributed by atoms with E-state index in [1.165, 1.54) is 33.1 Å². The summed E-state index contributed by atoms with van der Waals surface area (Å²) in [4.78, 5) is 6.85. The second kappa shape index (κ2) is 11.7. The van der Waals surface area contributed by atoms with Crippen LogP contribution in [-0.2, 0) is 0 Å². The molecule has 9 rings (SSSR count). The first-order chi connectivity index (χ1) is 24.4. The largest absolute Gasteiger partial charge is 0.458 e. The normalized spacial score (nSPS) is 14.3. The van der Waals surface area contributed by atoms with E-state index in [9.17, 15) is 0 Å². The minimum atomic E-state index is -0.0200.